The summed E-state index contributed by atoms with van der Waals surface area (Å²) in [4.78, 5) is 36.8. The van der Waals surface area contributed by atoms with Gasteiger partial charge in [0.2, 0.25) is 5.84 Å². The Bertz CT molecular complexity index is 2450. The highest BCUT2D eigenvalue weighted by Crippen LogP contribution is 2.34. The number of carbonyl (C=O) groups is 2. The molecule has 5 aromatic carbocycles. The van der Waals surface area contributed by atoms with Crippen molar-refractivity contribution in [3.8, 4) is 22.8 Å². The van der Waals surface area contributed by atoms with E-state index in [1.807, 2.05) is 60.7 Å². The van der Waals surface area contributed by atoms with Crippen LogP contribution in [0.15, 0.2) is 147 Å². The normalized spacial score (nSPS) is 13.9. The Morgan fingerprint density at radius 2 is 1.55 bits per heavy atom. The van der Waals surface area contributed by atoms with E-state index >= 15 is 0 Å². The zero-order valence-corrected chi connectivity index (χ0v) is 29.6. The number of amidine groups is 2. The fourth-order valence-corrected chi connectivity index (χ4v) is 6.00. The highest BCUT2D eigenvalue weighted by atomic mass is 35.5. The Labute approximate surface area is 310 Å². The number of aromatic nitrogens is 1. The monoisotopic (exact) mass is 721 g/mol. The number of carbonyl (C=O) groups excluding carboxylic acids is 2. The van der Waals surface area contributed by atoms with Gasteiger partial charge >= 0.3 is 0 Å². The molecule has 262 valence electrons. The summed E-state index contributed by atoms with van der Waals surface area (Å²) >= 11 is 6.01. The van der Waals surface area contributed by atoms with Crippen molar-refractivity contribution in [2.45, 2.75) is 6.92 Å². The molecular weight excluding hydrogens is 690 g/mol. The summed E-state index contributed by atoms with van der Waals surface area (Å²) in [5.74, 6) is 0.818. The standard InChI is InChI=1S/C41H32ClN7O4/c1-25-43-35(24-33-32-11-7-8-12-34(32)44-38(33)26-9-5-4-6-10-26)41(51)49(25)31-20-13-27(14-21-31)40(50)48-47-39(46-45-30-18-16-29(42)17-19-30)28-15-22-36(52-2)37(23-28)53-3/h4-24,44H,1-3H3,(H,48,50)/b35-24-,46-45?,47-39-. The van der Waals surface area contributed by atoms with E-state index in [1.54, 1.807) is 73.7 Å². The van der Waals surface area contributed by atoms with Gasteiger partial charge in [-0.3, -0.25) is 14.5 Å². The number of fused-ring (bicyclic) bond motifs is 1. The zero-order valence-electron chi connectivity index (χ0n) is 28.9. The van der Waals surface area contributed by atoms with Gasteiger partial charge in [-0.1, -0.05) is 60.1 Å². The Balaban J connectivity index is 1.12. The molecule has 0 saturated carbocycles. The van der Waals surface area contributed by atoms with Gasteiger partial charge in [0.1, 0.15) is 11.5 Å². The van der Waals surface area contributed by atoms with Crippen LogP contribution in [0.3, 0.4) is 0 Å². The fourth-order valence-electron chi connectivity index (χ4n) is 5.88. The number of aliphatic imine (C=N–C) groups is 1. The van der Waals surface area contributed by atoms with E-state index in [2.05, 4.69) is 30.7 Å². The lowest BCUT2D eigenvalue weighted by Gasteiger charge is -2.16. The predicted molar refractivity (Wildman–Crippen MR) is 208 cm³/mol. The number of aromatic amines is 1. The molecule has 53 heavy (non-hydrogen) atoms. The van der Waals surface area contributed by atoms with E-state index in [1.165, 1.54) is 19.1 Å². The number of halogens is 1. The number of hydrogen-bond acceptors (Lipinski definition) is 7. The van der Waals surface area contributed by atoms with E-state index in [0.717, 1.165) is 27.7 Å². The third kappa shape index (κ3) is 7.32. The number of benzene rings is 5. The Hall–Kier alpha value is -6.85. The lowest BCUT2D eigenvalue weighted by atomic mass is 10.0. The van der Waals surface area contributed by atoms with Gasteiger partial charge in [0.25, 0.3) is 11.8 Å². The number of azo groups is 1. The first-order valence-corrected chi connectivity index (χ1v) is 16.9. The highest BCUT2D eigenvalue weighted by Gasteiger charge is 2.30. The smallest absolute Gasteiger partial charge is 0.282 e. The SMILES string of the molecule is COc1ccc(/C(N=Nc2ccc(Cl)cc2)=N/NC(=O)c2ccc(N3C(=O)/C(=C/c4c(-c5ccccc5)[nH]c5ccccc45)N=C3C)cc2)cc1OC. The molecule has 1 aromatic heterocycles. The van der Waals surface area contributed by atoms with Crippen molar-refractivity contribution in [1.29, 1.82) is 0 Å². The van der Waals surface area contributed by atoms with Crippen LogP contribution in [0.1, 0.15) is 28.4 Å². The first kappa shape index (κ1) is 34.6. The van der Waals surface area contributed by atoms with Crippen LogP contribution in [0.5, 0.6) is 11.5 Å². The van der Waals surface area contributed by atoms with E-state index < -0.39 is 5.91 Å². The number of rotatable bonds is 9. The number of hydrogen-bond donors (Lipinski definition) is 2. The summed E-state index contributed by atoms with van der Waals surface area (Å²) in [7, 11) is 3.05. The van der Waals surface area contributed by atoms with Gasteiger partial charge in [-0.05, 0) is 91.4 Å². The fraction of sp³-hybridized carbons (Fsp3) is 0.0732. The van der Waals surface area contributed by atoms with Gasteiger partial charge in [-0.2, -0.15) is 0 Å². The Morgan fingerprint density at radius 1 is 0.849 bits per heavy atom. The molecule has 2 amide bonds. The van der Waals surface area contributed by atoms with E-state index in [-0.39, 0.29) is 11.7 Å². The number of amides is 2. The second-order valence-electron chi connectivity index (χ2n) is 11.8. The summed E-state index contributed by atoms with van der Waals surface area (Å²) in [6.45, 7) is 1.77. The van der Waals surface area contributed by atoms with Crippen molar-refractivity contribution < 1.29 is 19.1 Å². The van der Waals surface area contributed by atoms with Crippen LogP contribution in [-0.2, 0) is 4.79 Å². The topological polar surface area (TPSA) is 133 Å². The van der Waals surface area contributed by atoms with Crippen LogP contribution in [0.25, 0.3) is 28.2 Å². The van der Waals surface area contributed by atoms with Gasteiger partial charge in [-0.25, -0.2) is 10.4 Å². The Morgan fingerprint density at radius 3 is 2.28 bits per heavy atom. The van der Waals surface area contributed by atoms with Crippen molar-refractivity contribution in [2.75, 3.05) is 19.1 Å². The predicted octanol–water partition coefficient (Wildman–Crippen LogP) is 9.19. The average Bonchev–Trinajstić information content (AvgIpc) is 3.70. The molecule has 0 fully saturated rings. The van der Waals surface area contributed by atoms with Crippen molar-refractivity contribution in [1.82, 2.24) is 10.4 Å². The maximum atomic E-state index is 13.8. The largest absolute Gasteiger partial charge is 0.493 e. The number of para-hydroxylation sites is 1. The molecular formula is C41H32ClN7O4. The highest BCUT2D eigenvalue weighted by molar-refractivity contribution is 6.30. The molecule has 12 heteroatoms. The van der Waals surface area contributed by atoms with Crippen molar-refractivity contribution in [2.24, 2.45) is 20.3 Å². The molecule has 0 radical (unpaired) electrons. The van der Waals surface area contributed by atoms with Gasteiger partial charge in [-0.15, -0.1) is 15.3 Å². The van der Waals surface area contributed by atoms with E-state index in [4.69, 9.17) is 21.1 Å². The molecule has 0 unspecified atom stereocenters. The Kier molecular flexibility index (Phi) is 9.91. The quantitative estimate of drug-likeness (QED) is 0.0506. The number of methoxy groups -OCH3 is 2. The van der Waals surface area contributed by atoms with Crippen LogP contribution < -0.4 is 19.8 Å². The van der Waals surface area contributed by atoms with Gasteiger partial charge in [0.05, 0.1) is 31.3 Å². The third-order valence-corrected chi connectivity index (χ3v) is 8.75. The zero-order chi connectivity index (χ0) is 36.9. The number of nitrogens with one attached hydrogen (secondary N) is 2. The molecule has 0 aliphatic carbocycles. The summed E-state index contributed by atoms with van der Waals surface area (Å²) in [6, 6.07) is 36.4. The molecule has 2 N–H and O–H groups in total. The molecule has 0 saturated heterocycles. The lowest BCUT2D eigenvalue weighted by molar-refractivity contribution is -0.113. The van der Waals surface area contributed by atoms with Crippen LogP contribution in [0.2, 0.25) is 5.02 Å². The first-order chi connectivity index (χ1) is 25.8. The van der Waals surface area contributed by atoms with Crippen molar-refractivity contribution in [3.05, 3.63) is 149 Å². The molecule has 0 bridgehead atoms. The first-order valence-electron chi connectivity index (χ1n) is 16.5. The molecule has 7 rings (SSSR count). The molecule has 6 aromatic rings. The molecule has 1 aliphatic rings. The minimum atomic E-state index is -0.497. The van der Waals surface area contributed by atoms with E-state index in [0.29, 0.717) is 50.6 Å². The minimum Gasteiger partial charge on any atom is -0.493 e. The van der Waals surface area contributed by atoms with Gasteiger partial charge in [0.15, 0.2) is 11.5 Å². The number of anilines is 1. The van der Waals surface area contributed by atoms with Crippen LogP contribution >= 0.6 is 11.6 Å². The molecule has 11 nitrogen and oxygen atoms in total. The second-order valence-corrected chi connectivity index (χ2v) is 12.3. The summed E-state index contributed by atoms with van der Waals surface area (Å²) < 4.78 is 10.8. The summed E-state index contributed by atoms with van der Waals surface area (Å²) in [6.07, 6.45) is 1.83. The number of nitrogens with zero attached hydrogens (tertiary/aromatic N) is 5. The lowest BCUT2D eigenvalue weighted by Crippen LogP contribution is -2.30. The maximum absolute atomic E-state index is 13.8. The summed E-state index contributed by atoms with van der Waals surface area (Å²) in [5, 5.41) is 14.4. The van der Waals surface area contributed by atoms with Gasteiger partial charge < -0.3 is 14.5 Å². The van der Waals surface area contributed by atoms with Crippen molar-refractivity contribution in [3.63, 3.8) is 0 Å². The third-order valence-electron chi connectivity index (χ3n) is 8.50. The molecule has 1 aliphatic heterocycles. The number of ether oxygens (including phenoxy) is 2. The average molecular weight is 722 g/mol. The minimum absolute atomic E-state index is 0.116. The number of H-pyrrole nitrogens is 1. The van der Waals surface area contributed by atoms with Crippen LogP contribution in [0, 0.1) is 0 Å². The van der Waals surface area contributed by atoms with Crippen LogP contribution in [-0.4, -0.2) is 42.7 Å². The van der Waals surface area contributed by atoms with Crippen LogP contribution in [0.4, 0.5) is 11.4 Å². The van der Waals surface area contributed by atoms with Crippen molar-refractivity contribution >= 4 is 63.4 Å². The molecule has 0 spiro atoms. The molecule has 2 heterocycles. The second kappa shape index (κ2) is 15.2. The van der Waals surface area contributed by atoms with Gasteiger partial charge in [0, 0.05) is 32.6 Å². The maximum Gasteiger partial charge on any atom is 0.282 e. The molecule has 0 atom stereocenters. The summed E-state index contributed by atoms with van der Waals surface area (Å²) in [5.41, 5.74) is 8.52. The number of hydrazone groups is 1. The van der Waals surface area contributed by atoms with E-state index in [9.17, 15) is 9.59 Å².